The van der Waals surface area contributed by atoms with Crippen LogP contribution in [0.3, 0.4) is 0 Å². The van der Waals surface area contributed by atoms with Crippen molar-refractivity contribution in [3.63, 3.8) is 0 Å². The minimum Gasteiger partial charge on any atom is -0.355 e. The molecule has 0 spiro atoms. The number of nitrogens with one attached hydrogen (secondary N) is 1. The van der Waals surface area contributed by atoms with Crippen LogP contribution in [0, 0.1) is 10.1 Å². The Kier molecular flexibility index (Phi) is 4.84. The molecule has 0 aliphatic heterocycles. The molecule has 138 valence electrons. The zero-order valence-corrected chi connectivity index (χ0v) is 15.0. The molecule has 28 heavy (non-hydrogen) atoms. The highest BCUT2D eigenvalue weighted by Crippen LogP contribution is 2.31. The van der Waals surface area contributed by atoms with Gasteiger partial charge in [0.15, 0.2) is 0 Å². The van der Waals surface area contributed by atoms with E-state index in [2.05, 4.69) is 40.6 Å². The monoisotopic (exact) mass is 370 g/mol. The second-order valence-electron chi connectivity index (χ2n) is 6.41. The Labute approximate surface area is 162 Å². The van der Waals surface area contributed by atoms with Crippen LogP contribution in [0.25, 0.3) is 11.1 Å². The number of anilines is 2. The fourth-order valence-corrected chi connectivity index (χ4v) is 3.05. The van der Waals surface area contributed by atoms with Gasteiger partial charge in [0.05, 0.1) is 11.3 Å². The number of aromatic nitrogens is 2. The van der Waals surface area contributed by atoms with Crippen LogP contribution in [0.1, 0.15) is 5.56 Å². The molecule has 1 N–H and O–H groups in total. The Morgan fingerprint density at radius 3 is 2.39 bits per heavy atom. The molecule has 0 fully saturated rings. The molecule has 0 radical (unpaired) electrons. The summed E-state index contributed by atoms with van der Waals surface area (Å²) < 4.78 is 2.03. The molecular weight excluding hydrogens is 352 g/mol. The number of imidazole rings is 1. The van der Waals surface area contributed by atoms with E-state index in [-0.39, 0.29) is 5.69 Å². The van der Waals surface area contributed by atoms with Gasteiger partial charge in [-0.25, -0.2) is 4.98 Å². The van der Waals surface area contributed by atoms with E-state index in [0.29, 0.717) is 0 Å². The van der Waals surface area contributed by atoms with Crippen LogP contribution in [0.4, 0.5) is 17.1 Å². The summed E-state index contributed by atoms with van der Waals surface area (Å²) in [5.41, 5.74) is 5.18. The van der Waals surface area contributed by atoms with Gasteiger partial charge in [-0.15, -0.1) is 0 Å². The maximum Gasteiger partial charge on any atom is 0.269 e. The number of benzene rings is 3. The predicted octanol–water partition coefficient (Wildman–Crippen LogP) is 5.25. The zero-order chi connectivity index (χ0) is 19.3. The molecular formula is C22H18N4O2. The van der Waals surface area contributed by atoms with E-state index in [9.17, 15) is 10.1 Å². The Balaban J connectivity index is 1.56. The summed E-state index contributed by atoms with van der Waals surface area (Å²) in [7, 11) is 0. The molecule has 0 amide bonds. The predicted molar refractivity (Wildman–Crippen MR) is 110 cm³/mol. The van der Waals surface area contributed by atoms with Gasteiger partial charge in [-0.2, -0.15) is 0 Å². The van der Waals surface area contributed by atoms with Crippen LogP contribution in [0.2, 0.25) is 0 Å². The second kappa shape index (κ2) is 7.75. The summed E-state index contributed by atoms with van der Waals surface area (Å²) in [5.74, 6) is 0. The largest absolute Gasteiger partial charge is 0.355 e. The number of para-hydroxylation sites is 1. The van der Waals surface area contributed by atoms with Gasteiger partial charge in [0.2, 0.25) is 0 Å². The maximum absolute atomic E-state index is 10.8. The Bertz CT molecular complexity index is 1070. The fraction of sp³-hybridized carbons (Fsp3) is 0.0455. The third kappa shape index (κ3) is 3.91. The molecule has 6 heteroatoms. The van der Waals surface area contributed by atoms with Crippen molar-refractivity contribution >= 4 is 17.1 Å². The lowest BCUT2D eigenvalue weighted by molar-refractivity contribution is -0.384. The topological polar surface area (TPSA) is 73.0 Å². The SMILES string of the molecule is O=[N+]([O-])c1ccc(Nc2ccccc2-c2ccc(Cn3ccnc3)cc2)cc1. The minimum absolute atomic E-state index is 0.0762. The van der Waals surface area contributed by atoms with Crippen LogP contribution in [0.5, 0.6) is 0 Å². The standard InChI is InChI=1S/C22H18N4O2/c27-26(28)20-11-9-19(10-12-20)24-22-4-2-1-3-21(22)18-7-5-17(6-8-18)15-25-14-13-23-16-25/h1-14,16,24H,15H2. The zero-order valence-electron chi connectivity index (χ0n) is 15.0. The quantitative estimate of drug-likeness (QED) is 0.372. The smallest absolute Gasteiger partial charge is 0.269 e. The van der Waals surface area contributed by atoms with E-state index in [1.807, 2.05) is 29.0 Å². The molecule has 4 rings (SSSR count). The molecule has 1 aromatic heterocycles. The molecule has 1 heterocycles. The van der Waals surface area contributed by atoms with Gasteiger partial charge in [-0.1, -0.05) is 42.5 Å². The number of nitro groups is 1. The van der Waals surface area contributed by atoms with Crippen LogP contribution >= 0.6 is 0 Å². The van der Waals surface area contributed by atoms with Gasteiger partial charge in [0, 0.05) is 48.0 Å². The van der Waals surface area contributed by atoms with Crippen molar-refractivity contribution in [2.75, 3.05) is 5.32 Å². The normalized spacial score (nSPS) is 10.6. The molecule has 0 bridgehead atoms. The fourth-order valence-electron chi connectivity index (χ4n) is 3.05. The van der Waals surface area contributed by atoms with Crippen molar-refractivity contribution in [1.82, 2.24) is 9.55 Å². The van der Waals surface area contributed by atoms with Crippen molar-refractivity contribution in [2.45, 2.75) is 6.54 Å². The van der Waals surface area contributed by atoms with Gasteiger partial charge in [-0.3, -0.25) is 10.1 Å². The molecule has 0 unspecified atom stereocenters. The summed E-state index contributed by atoms with van der Waals surface area (Å²) in [4.78, 5) is 14.5. The lowest BCUT2D eigenvalue weighted by atomic mass is 10.0. The van der Waals surface area contributed by atoms with E-state index in [1.165, 1.54) is 17.7 Å². The third-order valence-electron chi connectivity index (χ3n) is 4.47. The number of nitrogens with zero attached hydrogens (tertiary/aromatic N) is 3. The summed E-state index contributed by atoms with van der Waals surface area (Å²) in [5, 5.41) is 14.2. The first kappa shape index (κ1) is 17.5. The molecule has 3 aromatic carbocycles. The highest BCUT2D eigenvalue weighted by Gasteiger charge is 2.08. The van der Waals surface area contributed by atoms with Crippen LogP contribution in [0.15, 0.2) is 91.5 Å². The molecule has 0 atom stereocenters. The lowest BCUT2D eigenvalue weighted by Crippen LogP contribution is -1.97. The summed E-state index contributed by atoms with van der Waals surface area (Å²) in [6, 6.07) is 22.8. The van der Waals surface area contributed by atoms with E-state index >= 15 is 0 Å². The van der Waals surface area contributed by atoms with Gasteiger partial charge in [-0.05, 0) is 29.3 Å². The Morgan fingerprint density at radius 2 is 1.71 bits per heavy atom. The average molecular weight is 370 g/mol. The van der Waals surface area contributed by atoms with Crippen molar-refractivity contribution in [1.29, 1.82) is 0 Å². The highest BCUT2D eigenvalue weighted by atomic mass is 16.6. The Morgan fingerprint density at radius 1 is 0.964 bits per heavy atom. The number of hydrogen-bond acceptors (Lipinski definition) is 4. The first-order chi connectivity index (χ1) is 13.7. The lowest BCUT2D eigenvalue weighted by Gasteiger charge is -2.13. The molecule has 4 aromatic rings. The summed E-state index contributed by atoms with van der Waals surface area (Å²) in [6.07, 6.45) is 5.52. The minimum atomic E-state index is -0.400. The van der Waals surface area contributed by atoms with Gasteiger partial charge in [0.1, 0.15) is 0 Å². The van der Waals surface area contributed by atoms with Crippen molar-refractivity contribution in [3.05, 3.63) is 107 Å². The van der Waals surface area contributed by atoms with Crippen LogP contribution < -0.4 is 5.32 Å². The number of rotatable bonds is 6. The second-order valence-corrected chi connectivity index (χ2v) is 6.41. The van der Waals surface area contributed by atoms with Gasteiger partial charge >= 0.3 is 0 Å². The van der Waals surface area contributed by atoms with Crippen molar-refractivity contribution in [2.24, 2.45) is 0 Å². The van der Waals surface area contributed by atoms with Crippen LogP contribution in [-0.2, 0) is 6.54 Å². The first-order valence-electron chi connectivity index (χ1n) is 8.84. The first-order valence-corrected chi connectivity index (χ1v) is 8.84. The van der Waals surface area contributed by atoms with Crippen molar-refractivity contribution in [3.8, 4) is 11.1 Å². The van der Waals surface area contributed by atoms with E-state index < -0.39 is 4.92 Å². The summed E-state index contributed by atoms with van der Waals surface area (Å²) >= 11 is 0. The number of hydrogen-bond donors (Lipinski definition) is 1. The molecule has 0 aliphatic carbocycles. The van der Waals surface area contributed by atoms with E-state index in [4.69, 9.17) is 0 Å². The van der Waals surface area contributed by atoms with E-state index in [1.54, 1.807) is 24.7 Å². The highest BCUT2D eigenvalue weighted by molar-refractivity contribution is 5.81. The Hall–Kier alpha value is -3.93. The maximum atomic E-state index is 10.8. The average Bonchev–Trinajstić information content (AvgIpc) is 3.23. The molecule has 0 saturated heterocycles. The molecule has 6 nitrogen and oxygen atoms in total. The summed E-state index contributed by atoms with van der Waals surface area (Å²) in [6.45, 7) is 0.781. The molecule has 0 saturated carbocycles. The number of nitro benzene ring substituents is 1. The van der Waals surface area contributed by atoms with Gasteiger partial charge < -0.3 is 9.88 Å². The van der Waals surface area contributed by atoms with Crippen LogP contribution in [-0.4, -0.2) is 14.5 Å². The third-order valence-corrected chi connectivity index (χ3v) is 4.47. The van der Waals surface area contributed by atoms with Gasteiger partial charge in [0.25, 0.3) is 5.69 Å². The van der Waals surface area contributed by atoms with E-state index in [0.717, 1.165) is 29.0 Å². The van der Waals surface area contributed by atoms with Crippen molar-refractivity contribution < 1.29 is 4.92 Å². The number of non-ortho nitro benzene ring substituents is 1. The molecule has 0 aliphatic rings.